The summed E-state index contributed by atoms with van der Waals surface area (Å²) in [6.45, 7) is 1.55. The zero-order chi connectivity index (χ0) is 21.7. The summed E-state index contributed by atoms with van der Waals surface area (Å²) >= 11 is 0. The van der Waals surface area contributed by atoms with E-state index in [1.165, 1.54) is 23.7 Å². The minimum atomic E-state index is -0.406. The fourth-order valence-electron chi connectivity index (χ4n) is 3.89. The summed E-state index contributed by atoms with van der Waals surface area (Å²) in [5, 5.41) is 0. The summed E-state index contributed by atoms with van der Waals surface area (Å²) in [4.78, 5) is 31.5. The van der Waals surface area contributed by atoms with Crippen LogP contribution in [-0.2, 0) is 27.2 Å². The maximum Gasteiger partial charge on any atom is 0.332 e. The van der Waals surface area contributed by atoms with Crippen LogP contribution in [-0.4, -0.2) is 25.2 Å². The van der Waals surface area contributed by atoms with Crippen LogP contribution in [0.15, 0.2) is 58.1 Å². The van der Waals surface area contributed by atoms with E-state index in [0.29, 0.717) is 42.6 Å². The molecule has 4 aromatic rings. The maximum absolute atomic E-state index is 13.1. The van der Waals surface area contributed by atoms with E-state index >= 15 is 0 Å². The van der Waals surface area contributed by atoms with Crippen molar-refractivity contribution in [2.24, 2.45) is 14.1 Å². The quantitative estimate of drug-likeness (QED) is 0.506. The van der Waals surface area contributed by atoms with Crippen molar-refractivity contribution in [3.05, 3.63) is 80.7 Å². The van der Waals surface area contributed by atoms with Gasteiger partial charge in [0.1, 0.15) is 18.2 Å². The van der Waals surface area contributed by atoms with E-state index < -0.39 is 5.69 Å². The molecule has 0 aliphatic carbocycles. The number of fused-ring (bicyclic) bond motifs is 3. The molecule has 0 spiro atoms. The van der Waals surface area contributed by atoms with Crippen LogP contribution in [0.3, 0.4) is 0 Å². The number of benzene rings is 2. The number of imidazole rings is 1. The minimum absolute atomic E-state index is 0.282. The Labute approximate surface area is 176 Å². The topological polar surface area (TPSA) is 74.3 Å². The summed E-state index contributed by atoms with van der Waals surface area (Å²) in [5.74, 6) is 0.999. The fourth-order valence-corrected chi connectivity index (χ4v) is 3.89. The van der Waals surface area contributed by atoms with E-state index in [9.17, 15) is 14.0 Å². The highest BCUT2D eigenvalue weighted by molar-refractivity contribution is 5.77. The Morgan fingerprint density at radius 2 is 1.81 bits per heavy atom. The van der Waals surface area contributed by atoms with Gasteiger partial charge in [-0.2, -0.15) is 4.98 Å². The molecule has 2 aromatic heterocycles. The average Bonchev–Trinajstić information content (AvgIpc) is 3.35. The number of rotatable bonds is 4. The van der Waals surface area contributed by atoms with Gasteiger partial charge in [0, 0.05) is 38.9 Å². The summed E-state index contributed by atoms with van der Waals surface area (Å²) in [7, 11) is 3.08. The molecule has 0 atom stereocenters. The van der Waals surface area contributed by atoms with E-state index in [4.69, 9.17) is 4.74 Å². The van der Waals surface area contributed by atoms with Gasteiger partial charge in [0.25, 0.3) is 5.56 Å². The second-order valence-electron chi connectivity index (χ2n) is 7.51. The minimum Gasteiger partial charge on any atom is -0.489 e. The fraction of sp³-hybridized carbons (Fsp3) is 0.227. The lowest BCUT2D eigenvalue weighted by molar-refractivity contribution is 0.306. The first-order chi connectivity index (χ1) is 14.9. The standard InChI is InChI=1S/C22H20FN5O3/c1-25-19-18(20(29)26(2)22(25)30)28-11-10-27(21(28)24-19)16-4-3-5-17(12-16)31-13-14-6-8-15(23)9-7-14/h3-9,12H,10-11,13H2,1-2H3. The van der Waals surface area contributed by atoms with Gasteiger partial charge in [0.2, 0.25) is 5.95 Å². The van der Waals surface area contributed by atoms with Crippen LogP contribution in [0, 0.1) is 5.82 Å². The van der Waals surface area contributed by atoms with Crippen LogP contribution in [0.25, 0.3) is 11.2 Å². The summed E-state index contributed by atoms with van der Waals surface area (Å²) in [6, 6.07) is 13.8. The molecule has 0 amide bonds. The van der Waals surface area contributed by atoms with Gasteiger partial charge in [-0.25, -0.2) is 9.18 Å². The molecule has 9 heteroatoms. The van der Waals surface area contributed by atoms with Crippen molar-refractivity contribution in [3.63, 3.8) is 0 Å². The first kappa shape index (κ1) is 19.1. The summed E-state index contributed by atoms with van der Waals surface area (Å²) in [6.07, 6.45) is 0. The molecule has 0 unspecified atom stereocenters. The van der Waals surface area contributed by atoms with Crippen molar-refractivity contribution in [3.8, 4) is 5.75 Å². The van der Waals surface area contributed by atoms with Crippen molar-refractivity contribution < 1.29 is 9.13 Å². The number of hydrogen-bond acceptors (Lipinski definition) is 5. The van der Waals surface area contributed by atoms with E-state index in [-0.39, 0.29) is 11.4 Å². The SMILES string of the molecule is Cn1c(=O)c2c(nc3n2CCN3c2cccc(OCc3ccc(F)cc3)c2)n(C)c1=O. The molecule has 0 bridgehead atoms. The molecule has 0 N–H and O–H groups in total. The van der Waals surface area contributed by atoms with Gasteiger partial charge in [0.05, 0.1) is 0 Å². The Bertz CT molecular complexity index is 1420. The van der Waals surface area contributed by atoms with Gasteiger partial charge in [-0.3, -0.25) is 13.9 Å². The van der Waals surface area contributed by atoms with Crippen LogP contribution in [0.5, 0.6) is 5.75 Å². The van der Waals surface area contributed by atoms with E-state index in [2.05, 4.69) is 4.98 Å². The van der Waals surface area contributed by atoms with Crippen molar-refractivity contribution in [2.45, 2.75) is 13.2 Å². The second-order valence-corrected chi connectivity index (χ2v) is 7.51. The highest BCUT2D eigenvalue weighted by Gasteiger charge is 2.28. The van der Waals surface area contributed by atoms with Gasteiger partial charge in [0.15, 0.2) is 11.2 Å². The third-order valence-corrected chi connectivity index (χ3v) is 5.56. The van der Waals surface area contributed by atoms with Crippen LogP contribution in [0.1, 0.15) is 5.56 Å². The predicted octanol–water partition coefficient (Wildman–Crippen LogP) is 2.30. The number of ether oxygens (including phenoxy) is 1. The molecular weight excluding hydrogens is 401 g/mol. The van der Waals surface area contributed by atoms with Gasteiger partial charge >= 0.3 is 5.69 Å². The molecule has 5 rings (SSSR count). The van der Waals surface area contributed by atoms with Crippen LogP contribution in [0.2, 0.25) is 0 Å². The molecule has 0 saturated heterocycles. The smallest absolute Gasteiger partial charge is 0.332 e. The lowest BCUT2D eigenvalue weighted by atomic mass is 10.2. The molecule has 0 radical (unpaired) electrons. The Hall–Kier alpha value is -3.88. The molecule has 0 fully saturated rings. The molecule has 2 aromatic carbocycles. The van der Waals surface area contributed by atoms with E-state index in [0.717, 1.165) is 15.8 Å². The first-order valence-electron chi connectivity index (χ1n) is 9.85. The van der Waals surface area contributed by atoms with Crippen LogP contribution in [0.4, 0.5) is 16.0 Å². The molecule has 3 heterocycles. The first-order valence-corrected chi connectivity index (χ1v) is 9.85. The Morgan fingerprint density at radius 3 is 2.58 bits per heavy atom. The molecule has 1 aliphatic rings. The molecule has 31 heavy (non-hydrogen) atoms. The molecule has 158 valence electrons. The lowest BCUT2D eigenvalue weighted by Gasteiger charge is -2.17. The molecular formula is C22H20FN5O3. The van der Waals surface area contributed by atoms with Crippen molar-refractivity contribution >= 4 is 22.8 Å². The number of aromatic nitrogens is 4. The Morgan fingerprint density at radius 1 is 1.03 bits per heavy atom. The number of aryl methyl sites for hydroxylation is 1. The monoisotopic (exact) mass is 421 g/mol. The molecule has 0 saturated carbocycles. The summed E-state index contributed by atoms with van der Waals surface area (Å²) in [5.41, 5.74) is 1.77. The Balaban J connectivity index is 1.48. The van der Waals surface area contributed by atoms with Crippen molar-refractivity contribution in [1.82, 2.24) is 18.7 Å². The third-order valence-electron chi connectivity index (χ3n) is 5.56. The van der Waals surface area contributed by atoms with Crippen LogP contribution >= 0.6 is 0 Å². The van der Waals surface area contributed by atoms with Gasteiger partial charge in [-0.1, -0.05) is 18.2 Å². The maximum atomic E-state index is 13.1. The summed E-state index contributed by atoms with van der Waals surface area (Å²) < 4.78 is 23.3. The average molecular weight is 421 g/mol. The number of anilines is 2. The van der Waals surface area contributed by atoms with Gasteiger partial charge < -0.3 is 14.2 Å². The highest BCUT2D eigenvalue weighted by atomic mass is 19.1. The Kier molecular flexibility index (Phi) is 4.39. The zero-order valence-electron chi connectivity index (χ0n) is 17.1. The number of hydrogen-bond donors (Lipinski definition) is 0. The van der Waals surface area contributed by atoms with E-state index in [1.807, 2.05) is 33.7 Å². The largest absolute Gasteiger partial charge is 0.489 e. The molecule has 1 aliphatic heterocycles. The molecule has 8 nitrogen and oxygen atoms in total. The third kappa shape index (κ3) is 3.09. The highest BCUT2D eigenvalue weighted by Crippen LogP contribution is 2.33. The zero-order valence-corrected chi connectivity index (χ0v) is 17.1. The van der Waals surface area contributed by atoms with Gasteiger partial charge in [-0.05, 0) is 29.8 Å². The van der Waals surface area contributed by atoms with Gasteiger partial charge in [-0.15, -0.1) is 0 Å². The van der Waals surface area contributed by atoms with Crippen molar-refractivity contribution in [2.75, 3.05) is 11.4 Å². The number of nitrogens with zero attached hydrogens (tertiary/aromatic N) is 5. The van der Waals surface area contributed by atoms with Crippen LogP contribution < -0.4 is 20.9 Å². The van der Waals surface area contributed by atoms with Crippen molar-refractivity contribution in [1.29, 1.82) is 0 Å². The number of halogens is 1. The van der Waals surface area contributed by atoms with E-state index in [1.54, 1.807) is 19.2 Å². The second kappa shape index (κ2) is 7.12. The lowest BCUT2D eigenvalue weighted by Crippen LogP contribution is -2.37. The normalized spacial score (nSPS) is 13.1. The predicted molar refractivity (Wildman–Crippen MR) is 114 cm³/mol.